The molecule has 1 aliphatic carbocycles. The molecule has 0 aliphatic heterocycles. The van der Waals surface area contributed by atoms with Crippen molar-refractivity contribution in [1.82, 2.24) is 0 Å². The molecular weight excluding hydrogens is 170 g/mol. The molecule has 0 aromatic carbocycles. The van der Waals surface area contributed by atoms with Crippen LogP contribution in [0.2, 0.25) is 0 Å². The van der Waals surface area contributed by atoms with Crippen LogP contribution >= 0.6 is 0 Å². The normalized spacial score (nSPS) is 33.6. The van der Waals surface area contributed by atoms with Crippen molar-refractivity contribution in [3.05, 3.63) is 0 Å². The highest BCUT2D eigenvalue weighted by atomic mass is 14.6. The van der Waals surface area contributed by atoms with E-state index in [-0.39, 0.29) is 0 Å². The van der Waals surface area contributed by atoms with E-state index in [9.17, 15) is 0 Å². The second-order valence-electron chi connectivity index (χ2n) is 5.15. The highest BCUT2D eigenvalue weighted by Crippen LogP contribution is 2.39. The maximum absolute atomic E-state index is 5.89. The molecule has 0 radical (unpaired) electrons. The minimum absolute atomic E-state index is 0.816. The van der Waals surface area contributed by atoms with Crippen LogP contribution in [0.5, 0.6) is 0 Å². The third kappa shape index (κ3) is 2.73. The molecule has 3 unspecified atom stereocenters. The largest absolute Gasteiger partial charge is 0.330 e. The molecule has 1 aliphatic rings. The molecule has 0 spiro atoms. The van der Waals surface area contributed by atoms with Crippen molar-refractivity contribution in [2.75, 3.05) is 6.54 Å². The molecule has 1 nitrogen and oxygen atoms in total. The summed E-state index contributed by atoms with van der Waals surface area (Å²) in [7, 11) is 0. The number of rotatable bonds is 4. The molecule has 0 saturated heterocycles. The molecule has 1 saturated carbocycles. The zero-order chi connectivity index (χ0) is 10.6. The minimum Gasteiger partial charge on any atom is -0.330 e. The van der Waals surface area contributed by atoms with E-state index in [1.54, 1.807) is 0 Å². The van der Waals surface area contributed by atoms with Crippen molar-refractivity contribution in [2.24, 2.45) is 29.4 Å². The first-order valence-electron chi connectivity index (χ1n) is 6.42. The van der Waals surface area contributed by atoms with Crippen LogP contribution in [-0.4, -0.2) is 6.54 Å². The van der Waals surface area contributed by atoms with Crippen LogP contribution in [0.1, 0.15) is 52.9 Å². The lowest BCUT2D eigenvalue weighted by Crippen LogP contribution is -2.34. The average Bonchev–Trinajstić information content (AvgIpc) is 2.20. The van der Waals surface area contributed by atoms with Gasteiger partial charge in [-0.2, -0.15) is 0 Å². The SMILES string of the molecule is CCC(CC)C1CC(C)CCC1CN. The summed E-state index contributed by atoms with van der Waals surface area (Å²) < 4.78 is 0. The van der Waals surface area contributed by atoms with Gasteiger partial charge in [-0.3, -0.25) is 0 Å². The van der Waals surface area contributed by atoms with E-state index in [4.69, 9.17) is 5.73 Å². The topological polar surface area (TPSA) is 26.0 Å². The lowest BCUT2D eigenvalue weighted by atomic mass is 9.68. The molecular formula is C13H27N. The van der Waals surface area contributed by atoms with Crippen LogP contribution in [0.3, 0.4) is 0 Å². The summed E-state index contributed by atoms with van der Waals surface area (Å²) in [6, 6.07) is 0. The van der Waals surface area contributed by atoms with Gasteiger partial charge in [0.25, 0.3) is 0 Å². The molecule has 0 amide bonds. The number of nitrogens with two attached hydrogens (primary N) is 1. The van der Waals surface area contributed by atoms with Gasteiger partial charge in [0.05, 0.1) is 0 Å². The predicted molar refractivity (Wildman–Crippen MR) is 63.1 cm³/mol. The summed E-state index contributed by atoms with van der Waals surface area (Å²) in [4.78, 5) is 0. The van der Waals surface area contributed by atoms with Crippen molar-refractivity contribution >= 4 is 0 Å². The Morgan fingerprint density at radius 1 is 1.21 bits per heavy atom. The Balaban J connectivity index is 2.59. The lowest BCUT2D eigenvalue weighted by Gasteiger charge is -2.38. The van der Waals surface area contributed by atoms with Crippen LogP contribution in [-0.2, 0) is 0 Å². The van der Waals surface area contributed by atoms with Gasteiger partial charge in [-0.05, 0) is 43.1 Å². The zero-order valence-corrected chi connectivity index (χ0v) is 10.1. The Kier molecular flexibility index (Phi) is 4.94. The van der Waals surface area contributed by atoms with Gasteiger partial charge in [-0.15, -0.1) is 0 Å². The zero-order valence-electron chi connectivity index (χ0n) is 10.1. The Morgan fingerprint density at radius 2 is 1.86 bits per heavy atom. The highest BCUT2D eigenvalue weighted by molar-refractivity contribution is 4.83. The van der Waals surface area contributed by atoms with Crippen LogP contribution in [0.15, 0.2) is 0 Å². The summed E-state index contributed by atoms with van der Waals surface area (Å²) in [6.45, 7) is 7.98. The van der Waals surface area contributed by atoms with Crippen LogP contribution in [0, 0.1) is 23.7 Å². The van der Waals surface area contributed by atoms with E-state index in [0.717, 1.165) is 30.2 Å². The Bertz CT molecular complexity index is 144. The smallest absolute Gasteiger partial charge is 0.00461 e. The van der Waals surface area contributed by atoms with Crippen molar-refractivity contribution in [2.45, 2.75) is 52.9 Å². The fourth-order valence-electron chi connectivity index (χ4n) is 3.25. The molecule has 0 aromatic rings. The second kappa shape index (κ2) is 5.75. The van der Waals surface area contributed by atoms with E-state index in [2.05, 4.69) is 20.8 Å². The molecule has 0 heterocycles. The van der Waals surface area contributed by atoms with Gasteiger partial charge in [0.2, 0.25) is 0 Å². The first-order chi connectivity index (χ1) is 6.72. The first-order valence-corrected chi connectivity index (χ1v) is 6.42. The first kappa shape index (κ1) is 12.0. The van der Waals surface area contributed by atoms with Crippen molar-refractivity contribution in [3.8, 4) is 0 Å². The fourth-order valence-corrected chi connectivity index (χ4v) is 3.25. The molecule has 1 heteroatoms. The van der Waals surface area contributed by atoms with E-state index in [1.807, 2.05) is 0 Å². The highest BCUT2D eigenvalue weighted by Gasteiger charge is 2.31. The van der Waals surface area contributed by atoms with E-state index < -0.39 is 0 Å². The summed E-state index contributed by atoms with van der Waals surface area (Å²) in [5.74, 6) is 3.59. The summed E-state index contributed by atoms with van der Waals surface area (Å²) in [6.07, 6.45) is 6.88. The molecule has 14 heavy (non-hydrogen) atoms. The van der Waals surface area contributed by atoms with Gasteiger partial charge < -0.3 is 5.73 Å². The maximum Gasteiger partial charge on any atom is -0.00461 e. The van der Waals surface area contributed by atoms with Gasteiger partial charge >= 0.3 is 0 Å². The summed E-state index contributed by atoms with van der Waals surface area (Å²) in [5, 5.41) is 0. The minimum atomic E-state index is 0.816. The van der Waals surface area contributed by atoms with Gasteiger partial charge in [-0.1, -0.05) is 40.0 Å². The standard InChI is InChI=1S/C13H27N/c1-4-11(5-2)13-8-10(3)6-7-12(13)9-14/h10-13H,4-9,14H2,1-3H3. The fraction of sp³-hybridized carbons (Fsp3) is 1.00. The van der Waals surface area contributed by atoms with Gasteiger partial charge in [0, 0.05) is 0 Å². The van der Waals surface area contributed by atoms with Crippen LogP contribution < -0.4 is 5.73 Å². The van der Waals surface area contributed by atoms with E-state index >= 15 is 0 Å². The molecule has 84 valence electrons. The maximum atomic E-state index is 5.89. The summed E-state index contributed by atoms with van der Waals surface area (Å²) >= 11 is 0. The summed E-state index contributed by atoms with van der Waals surface area (Å²) in [5.41, 5.74) is 5.89. The number of hydrogen-bond acceptors (Lipinski definition) is 1. The Morgan fingerprint density at radius 3 is 2.36 bits per heavy atom. The lowest BCUT2D eigenvalue weighted by molar-refractivity contribution is 0.125. The van der Waals surface area contributed by atoms with Crippen LogP contribution in [0.25, 0.3) is 0 Å². The Labute approximate surface area is 89.5 Å². The molecule has 0 bridgehead atoms. The van der Waals surface area contributed by atoms with Crippen molar-refractivity contribution < 1.29 is 0 Å². The van der Waals surface area contributed by atoms with Gasteiger partial charge in [0.15, 0.2) is 0 Å². The monoisotopic (exact) mass is 197 g/mol. The van der Waals surface area contributed by atoms with Crippen molar-refractivity contribution in [1.29, 1.82) is 0 Å². The Hall–Kier alpha value is -0.0400. The van der Waals surface area contributed by atoms with Crippen LogP contribution in [0.4, 0.5) is 0 Å². The van der Waals surface area contributed by atoms with E-state index in [1.165, 1.54) is 32.1 Å². The van der Waals surface area contributed by atoms with Gasteiger partial charge in [-0.25, -0.2) is 0 Å². The third-order valence-corrected chi connectivity index (χ3v) is 4.27. The van der Waals surface area contributed by atoms with Crippen molar-refractivity contribution in [3.63, 3.8) is 0 Å². The molecule has 2 N–H and O–H groups in total. The molecule has 3 atom stereocenters. The number of hydrogen-bond donors (Lipinski definition) is 1. The molecule has 0 aromatic heterocycles. The third-order valence-electron chi connectivity index (χ3n) is 4.27. The quantitative estimate of drug-likeness (QED) is 0.734. The van der Waals surface area contributed by atoms with E-state index in [0.29, 0.717) is 0 Å². The molecule has 1 rings (SSSR count). The second-order valence-corrected chi connectivity index (χ2v) is 5.15. The predicted octanol–water partition coefficient (Wildman–Crippen LogP) is 3.43. The average molecular weight is 197 g/mol. The van der Waals surface area contributed by atoms with Gasteiger partial charge in [0.1, 0.15) is 0 Å². The molecule has 1 fully saturated rings.